The Morgan fingerprint density at radius 1 is 1.28 bits per heavy atom. The fourth-order valence-electron chi connectivity index (χ4n) is 4.60. The van der Waals surface area contributed by atoms with Crippen molar-refractivity contribution in [1.82, 2.24) is 20.0 Å². The minimum Gasteiger partial charge on any atom is -0.497 e. The fraction of sp³-hybridized carbons (Fsp3) is 0.435. The van der Waals surface area contributed by atoms with Crippen molar-refractivity contribution in [2.75, 3.05) is 13.7 Å². The number of hydrogen-bond acceptors (Lipinski definition) is 6. The lowest BCUT2D eigenvalue weighted by Gasteiger charge is -2.36. The molecule has 32 heavy (non-hydrogen) atoms. The normalized spacial score (nSPS) is 22.3. The Bertz CT molecular complexity index is 1220. The number of methoxy groups -OCH3 is 1. The van der Waals surface area contributed by atoms with E-state index in [1.807, 2.05) is 42.1 Å². The number of hydrogen-bond donors (Lipinski definition) is 2. The van der Waals surface area contributed by atoms with E-state index in [-0.39, 0.29) is 22.5 Å². The quantitative estimate of drug-likeness (QED) is 0.602. The Labute approximate surface area is 190 Å². The summed E-state index contributed by atoms with van der Waals surface area (Å²) in [6, 6.07) is 7.96. The van der Waals surface area contributed by atoms with E-state index in [1.165, 1.54) is 0 Å². The predicted molar refractivity (Wildman–Crippen MR) is 126 cm³/mol. The molecule has 3 aromatic rings. The number of aromatic nitrogens is 4. The first-order valence-corrected chi connectivity index (χ1v) is 11.6. The number of benzene rings is 1. The van der Waals surface area contributed by atoms with E-state index in [2.05, 4.69) is 29.1 Å². The summed E-state index contributed by atoms with van der Waals surface area (Å²) in [5.74, 6) is 1.51. The highest BCUT2D eigenvalue weighted by molar-refractivity contribution is 8.14. The van der Waals surface area contributed by atoms with Gasteiger partial charge >= 0.3 is 0 Å². The number of aromatic amines is 2. The maximum Gasteiger partial charge on any atom is 0.271 e. The van der Waals surface area contributed by atoms with Gasteiger partial charge in [-0.3, -0.25) is 19.7 Å². The summed E-state index contributed by atoms with van der Waals surface area (Å²) in [7, 11) is 1.65. The standard InChI is InChI=1S/C23H27N5O3S/c1-13-25-21-18(22(29)27-28(21)15-9-10-31-23(2,3)11-15)20(32-13)17-12-24-26-19(17)14-5-7-16(30-4)8-6-14/h5-8,12,15,20H,9-11H2,1-4H3,(H,24,26)(H,27,29)/t15-,20+/m0/s1. The van der Waals surface area contributed by atoms with Gasteiger partial charge in [-0.25, -0.2) is 4.99 Å². The van der Waals surface area contributed by atoms with Gasteiger partial charge in [0.1, 0.15) is 5.75 Å². The first-order chi connectivity index (χ1) is 15.4. The number of nitrogens with one attached hydrogen (secondary N) is 2. The number of aliphatic imine (C=N–C) groups is 1. The fourth-order valence-corrected chi connectivity index (χ4v) is 5.71. The molecule has 168 valence electrons. The van der Waals surface area contributed by atoms with Gasteiger partial charge in [0.25, 0.3) is 5.56 Å². The van der Waals surface area contributed by atoms with Crippen LogP contribution in [0, 0.1) is 0 Å². The lowest BCUT2D eigenvalue weighted by Crippen LogP contribution is -2.35. The number of nitrogens with zero attached hydrogens (tertiary/aromatic N) is 3. The largest absolute Gasteiger partial charge is 0.497 e. The SMILES string of the molecule is COc1ccc(-c2[nH]ncc2[C@H]2SC(C)=Nc3c2c(=O)[nH]n3[C@H]2CCOC(C)(C)C2)cc1. The van der Waals surface area contributed by atoms with Gasteiger partial charge in [-0.15, -0.1) is 0 Å². The number of thioether (sulfide) groups is 1. The van der Waals surface area contributed by atoms with Crippen LogP contribution >= 0.6 is 11.8 Å². The van der Waals surface area contributed by atoms with E-state index < -0.39 is 0 Å². The second-order valence-electron chi connectivity index (χ2n) is 8.86. The van der Waals surface area contributed by atoms with Crippen LogP contribution in [0.25, 0.3) is 11.3 Å². The van der Waals surface area contributed by atoms with Crippen LogP contribution < -0.4 is 10.3 Å². The smallest absolute Gasteiger partial charge is 0.271 e. The summed E-state index contributed by atoms with van der Waals surface area (Å²) < 4.78 is 13.1. The molecule has 0 aliphatic carbocycles. The second-order valence-corrected chi connectivity index (χ2v) is 10.2. The van der Waals surface area contributed by atoms with E-state index in [0.717, 1.165) is 46.3 Å². The van der Waals surface area contributed by atoms with Gasteiger partial charge in [0.2, 0.25) is 0 Å². The van der Waals surface area contributed by atoms with Gasteiger partial charge in [0, 0.05) is 17.7 Å². The summed E-state index contributed by atoms with van der Waals surface area (Å²) in [6.45, 7) is 6.83. The van der Waals surface area contributed by atoms with E-state index in [4.69, 9.17) is 14.5 Å². The number of H-pyrrole nitrogens is 2. The van der Waals surface area contributed by atoms with Crippen molar-refractivity contribution < 1.29 is 9.47 Å². The molecule has 0 amide bonds. The van der Waals surface area contributed by atoms with Crippen LogP contribution in [-0.2, 0) is 4.74 Å². The second kappa shape index (κ2) is 7.97. The molecule has 5 rings (SSSR count). The van der Waals surface area contributed by atoms with E-state index in [1.54, 1.807) is 18.9 Å². The van der Waals surface area contributed by atoms with Crippen molar-refractivity contribution in [3.8, 4) is 17.0 Å². The molecule has 0 spiro atoms. The lowest BCUT2D eigenvalue weighted by atomic mass is 9.94. The monoisotopic (exact) mass is 453 g/mol. The van der Waals surface area contributed by atoms with E-state index >= 15 is 0 Å². The highest BCUT2D eigenvalue weighted by Gasteiger charge is 2.36. The summed E-state index contributed by atoms with van der Waals surface area (Å²) >= 11 is 1.58. The number of fused-ring (bicyclic) bond motifs is 1. The van der Waals surface area contributed by atoms with Gasteiger partial charge in [-0.1, -0.05) is 11.8 Å². The minimum absolute atomic E-state index is 0.0973. The zero-order chi connectivity index (χ0) is 22.5. The zero-order valence-corrected chi connectivity index (χ0v) is 19.5. The van der Waals surface area contributed by atoms with Crippen molar-refractivity contribution in [2.45, 2.75) is 50.5 Å². The summed E-state index contributed by atoms with van der Waals surface area (Å²) in [6.07, 6.45) is 3.48. The van der Waals surface area contributed by atoms with Crippen LogP contribution in [-0.4, -0.2) is 44.3 Å². The Morgan fingerprint density at radius 3 is 2.78 bits per heavy atom. The highest BCUT2D eigenvalue weighted by atomic mass is 32.2. The van der Waals surface area contributed by atoms with Gasteiger partial charge in [-0.05, 0) is 57.9 Å². The third kappa shape index (κ3) is 3.69. The average molecular weight is 454 g/mol. The Balaban J connectivity index is 1.57. The molecule has 0 bridgehead atoms. The zero-order valence-electron chi connectivity index (χ0n) is 18.6. The molecule has 2 aliphatic heterocycles. The number of ether oxygens (including phenoxy) is 2. The third-order valence-corrected chi connectivity index (χ3v) is 7.27. The van der Waals surface area contributed by atoms with Crippen molar-refractivity contribution >= 4 is 22.6 Å². The Kier molecular flexibility index (Phi) is 5.25. The summed E-state index contributed by atoms with van der Waals surface area (Å²) in [4.78, 5) is 18.0. The van der Waals surface area contributed by atoms with E-state index in [0.29, 0.717) is 12.2 Å². The molecule has 8 nitrogen and oxygen atoms in total. The molecule has 0 radical (unpaired) electrons. The van der Waals surface area contributed by atoms with Crippen molar-refractivity contribution in [1.29, 1.82) is 0 Å². The molecule has 2 N–H and O–H groups in total. The van der Waals surface area contributed by atoms with Crippen molar-refractivity contribution in [3.63, 3.8) is 0 Å². The van der Waals surface area contributed by atoms with Crippen LogP contribution in [0.15, 0.2) is 40.2 Å². The molecule has 1 saturated heterocycles. The van der Waals surface area contributed by atoms with Crippen LogP contribution in [0.2, 0.25) is 0 Å². The molecule has 9 heteroatoms. The van der Waals surface area contributed by atoms with Gasteiger partial charge in [-0.2, -0.15) is 5.10 Å². The van der Waals surface area contributed by atoms with Gasteiger partial charge in [0.05, 0.1) is 46.5 Å². The third-order valence-electron chi connectivity index (χ3n) is 6.12. The molecule has 0 saturated carbocycles. The lowest BCUT2D eigenvalue weighted by molar-refractivity contribution is -0.0705. The first kappa shape index (κ1) is 21.1. The number of rotatable bonds is 4. The maximum atomic E-state index is 13.2. The average Bonchev–Trinajstić information content (AvgIpc) is 3.38. The minimum atomic E-state index is -0.232. The predicted octanol–water partition coefficient (Wildman–Crippen LogP) is 4.59. The van der Waals surface area contributed by atoms with Crippen molar-refractivity contribution in [2.24, 2.45) is 4.99 Å². The molecule has 2 aromatic heterocycles. The molecule has 4 heterocycles. The van der Waals surface area contributed by atoms with Gasteiger partial charge < -0.3 is 9.47 Å². The van der Waals surface area contributed by atoms with Crippen molar-refractivity contribution in [3.05, 3.63) is 51.9 Å². The Morgan fingerprint density at radius 2 is 2.06 bits per heavy atom. The molecule has 0 unspecified atom stereocenters. The molecule has 1 aromatic carbocycles. The Hall–Kier alpha value is -2.78. The molecule has 1 fully saturated rings. The molecular formula is C23H27N5O3S. The maximum absolute atomic E-state index is 13.2. The highest BCUT2D eigenvalue weighted by Crippen LogP contribution is 2.47. The van der Waals surface area contributed by atoms with Crippen LogP contribution in [0.5, 0.6) is 5.75 Å². The molecule has 2 atom stereocenters. The first-order valence-electron chi connectivity index (χ1n) is 10.7. The molecular weight excluding hydrogens is 426 g/mol. The van der Waals surface area contributed by atoms with Crippen LogP contribution in [0.3, 0.4) is 0 Å². The summed E-state index contributed by atoms with van der Waals surface area (Å²) in [5, 5.41) is 11.2. The topological polar surface area (TPSA) is 97.3 Å². The van der Waals surface area contributed by atoms with Crippen LogP contribution in [0.4, 0.5) is 5.82 Å². The molecule has 2 aliphatic rings. The van der Waals surface area contributed by atoms with Crippen LogP contribution in [0.1, 0.15) is 56.0 Å². The van der Waals surface area contributed by atoms with E-state index in [9.17, 15) is 4.79 Å². The summed E-state index contributed by atoms with van der Waals surface area (Å²) in [5.41, 5.74) is 3.20. The van der Waals surface area contributed by atoms with Gasteiger partial charge in [0.15, 0.2) is 5.82 Å².